The summed E-state index contributed by atoms with van der Waals surface area (Å²) in [6, 6.07) is 19.6. The van der Waals surface area contributed by atoms with Gasteiger partial charge in [-0.25, -0.2) is 0 Å². The normalized spacial score (nSPS) is 11.0. The third-order valence-corrected chi connectivity index (χ3v) is 5.14. The van der Waals surface area contributed by atoms with Gasteiger partial charge in [-0.2, -0.15) is 0 Å². The SMILES string of the molecule is O=C(c1cn(CCO)cc1-c1ccccc1)c1cn(CCO)cc1-c1ccccc1. The fraction of sp³-hybridized carbons (Fsp3) is 0.160. The monoisotopic (exact) mass is 400 g/mol. The second-order valence-electron chi connectivity index (χ2n) is 7.16. The van der Waals surface area contributed by atoms with Gasteiger partial charge in [0.1, 0.15) is 0 Å². The Balaban J connectivity index is 1.84. The smallest absolute Gasteiger partial charge is 0.197 e. The van der Waals surface area contributed by atoms with Crippen molar-refractivity contribution < 1.29 is 15.0 Å². The molecule has 5 heteroatoms. The highest BCUT2D eigenvalue weighted by atomic mass is 16.3. The van der Waals surface area contributed by atoms with Crippen molar-refractivity contribution >= 4 is 5.78 Å². The van der Waals surface area contributed by atoms with E-state index < -0.39 is 0 Å². The minimum Gasteiger partial charge on any atom is -0.395 e. The van der Waals surface area contributed by atoms with Crippen molar-refractivity contribution in [1.82, 2.24) is 9.13 Å². The number of carbonyl (C=O) groups is 1. The molecule has 0 aliphatic rings. The van der Waals surface area contributed by atoms with E-state index in [9.17, 15) is 15.0 Å². The largest absolute Gasteiger partial charge is 0.395 e. The number of aliphatic hydroxyl groups excluding tert-OH is 2. The van der Waals surface area contributed by atoms with Crippen LogP contribution in [-0.2, 0) is 13.1 Å². The molecule has 0 amide bonds. The number of rotatable bonds is 8. The van der Waals surface area contributed by atoms with Crippen molar-refractivity contribution in [2.45, 2.75) is 13.1 Å². The lowest BCUT2D eigenvalue weighted by Gasteiger charge is -2.05. The third-order valence-electron chi connectivity index (χ3n) is 5.14. The van der Waals surface area contributed by atoms with Crippen LogP contribution in [0, 0.1) is 0 Å². The molecule has 0 spiro atoms. The molecule has 0 saturated carbocycles. The van der Waals surface area contributed by atoms with Gasteiger partial charge in [0.2, 0.25) is 0 Å². The predicted molar refractivity (Wildman–Crippen MR) is 117 cm³/mol. The van der Waals surface area contributed by atoms with Gasteiger partial charge < -0.3 is 19.3 Å². The van der Waals surface area contributed by atoms with E-state index in [1.165, 1.54) is 0 Å². The Bertz CT molecular complexity index is 1040. The number of aromatic nitrogens is 2. The van der Waals surface area contributed by atoms with Crippen LogP contribution in [0.4, 0.5) is 0 Å². The summed E-state index contributed by atoms with van der Waals surface area (Å²) in [5.74, 6) is -0.0823. The van der Waals surface area contributed by atoms with E-state index in [2.05, 4.69) is 0 Å². The summed E-state index contributed by atoms with van der Waals surface area (Å²) in [7, 11) is 0. The molecule has 0 bridgehead atoms. The van der Waals surface area contributed by atoms with Crippen molar-refractivity contribution in [3.63, 3.8) is 0 Å². The lowest BCUT2D eigenvalue weighted by molar-refractivity contribution is 0.103. The van der Waals surface area contributed by atoms with Crippen LogP contribution in [0.15, 0.2) is 85.5 Å². The third kappa shape index (κ3) is 3.99. The van der Waals surface area contributed by atoms with Gasteiger partial charge in [0.05, 0.1) is 13.2 Å². The lowest BCUT2D eigenvalue weighted by Crippen LogP contribution is -2.04. The second kappa shape index (κ2) is 8.95. The van der Waals surface area contributed by atoms with E-state index in [4.69, 9.17) is 0 Å². The predicted octanol–water partition coefficient (Wildman–Crippen LogP) is 3.84. The number of carbonyl (C=O) groups excluding carboxylic acids is 1. The average Bonchev–Trinajstić information content (AvgIpc) is 3.40. The minimum atomic E-state index is -0.0823. The Morgan fingerprint density at radius 2 is 1.03 bits per heavy atom. The van der Waals surface area contributed by atoms with E-state index in [1.54, 1.807) is 12.4 Å². The molecule has 0 radical (unpaired) electrons. The van der Waals surface area contributed by atoms with Gasteiger partial charge in [-0.3, -0.25) is 4.79 Å². The Kier molecular flexibility index (Phi) is 5.93. The molecule has 4 aromatic rings. The summed E-state index contributed by atoms with van der Waals surface area (Å²) in [6.07, 6.45) is 7.43. The zero-order valence-corrected chi connectivity index (χ0v) is 16.6. The van der Waals surface area contributed by atoms with Gasteiger partial charge in [0.15, 0.2) is 5.78 Å². The number of ketones is 1. The van der Waals surface area contributed by atoms with Crippen molar-refractivity contribution in [3.8, 4) is 22.3 Å². The minimum absolute atomic E-state index is 0.00131. The Morgan fingerprint density at radius 3 is 1.40 bits per heavy atom. The second-order valence-corrected chi connectivity index (χ2v) is 7.16. The molecule has 2 aromatic heterocycles. The van der Waals surface area contributed by atoms with Crippen LogP contribution in [0.1, 0.15) is 15.9 Å². The lowest BCUT2D eigenvalue weighted by atomic mass is 9.95. The molecule has 30 heavy (non-hydrogen) atoms. The van der Waals surface area contributed by atoms with Crippen LogP contribution in [-0.4, -0.2) is 38.3 Å². The van der Waals surface area contributed by atoms with E-state index in [-0.39, 0.29) is 19.0 Å². The van der Waals surface area contributed by atoms with Gasteiger partial charge in [-0.15, -0.1) is 0 Å². The molecule has 4 rings (SSSR count). The molecule has 2 N–H and O–H groups in total. The maximum atomic E-state index is 13.7. The first-order valence-corrected chi connectivity index (χ1v) is 9.98. The molecule has 0 unspecified atom stereocenters. The van der Waals surface area contributed by atoms with E-state index in [0.29, 0.717) is 24.2 Å². The van der Waals surface area contributed by atoms with Gasteiger partial charge in [0.25, 0.3) is 0 Å². The van der Waals surface area contributed by atoms with Crippen LogP contribution in [0.5, 0.6) is 0 Å². The zero-order valence-electron chi connectivity index (χ0n) is 16.6. The summed E-state index contributed by atoms with van der Waals surface area (Å²) in [4.78, 5) is 13.7. The van der Waals surface area contributed by atoms with Gasteiger partial charge in [-0.05, 0) is 11.1 Å². The molecule has 5 nitrogen and oxygen atoms in total. The Hall–Kier alpha value is -3.41. The summed E-state index contributed by atoms with van der Waals surface area (Å²) in [5, 5.41) is 18.7. The fourth-order valence-electron chi connectivity index (χ4n) is 3.71. The van der Waals surface area contributed by atoms with E-state index in [0.717, 1.165) is 22.3 Å². The van der Waals surface area contributed by atoms with Crippen LogP contribution in [0.2, 0.25) is 0 Å². The first-order valence-electron chi connectivity index (χ1n) is 9.98. The molecule has 0 saturated heterocycles. The number of hydrogen-bond acceptors (Lipinski definition) is 3. The van der Waals surface area contributed by atoms with Crippen LogP contribution in [0.3, 0.4) is 0 Å². The van der Waals surface area contributed by atoms with Crippen molar-refractivity contribution in [1.29, 1.82) is 0 Å². The molecular weight excluding hydrogens is 376 g/mol. The maximum absolute atomic E-state index is 13.7. The molecule has 152 valence electrons. The van der Waals surface area contributed by atoms with Crippen molar-refractivity contribution in [2.75, 3.05) is 13.2 Å². The maximum Gasteiger partial charge on any atom is 0.197 e. The van der Waals surface area contributed by atoms with Gasteiger partial charge >= 0.3 is 0 Å². The zero-order chi connectivity index (χ0) is 20.9. The molecule has 2 heterocycles. The quantitative estimate of drug-likeness (QED) is 0.442. The Labute approximate surface area is 175 Å². The Morgan fingerprint density at radius 1 is 0.633 bits per heavy atom. The van der Waals surface area contributed by atoms with Crippen LogP contribution in [0.25, 0.3) is 22.3 Å². The summed E-state index contributed by atoms with van der Waals surface area (Å²) in [5.41, 5.74) is 4.76. The highest BCUT2D eigenvalue weighted by Gasteiger charge is 2.22. The summed E-state index contributed by atoms with van der Waals surface area (Å²) >= 11 is 0. The topological polar surface area (TPSA) is 67.4 Å². The highest BCUT2D eigenvalue weighted by Crippen LogP contribution is 2.31. The van der Waals surface area contributed by atoms with Crippen LogP contribution >= 0.6 is 0 Å². The molecule has 0 aliphatic carbocycles. The first-order chi connectivity index (χ1) is 14.7. The van der Waals surface area contributed by atoms with Gasteiger partial charge in [-0.1, -0.05) is 60.7 Å². The summed E-state index contributed by atoms with van der Waals surface area (Å²) < 4.78 is 3.70. The van der Waals surface area contributed by atoms with Crippen molar-refractivity contribution in [3.05, 3.63) is 96.6 Å². The molecular formula is C25H24N2O3. The first kappa shape index (κ1) is 19.9. The average molecular weight is 400 g/mol. The molecule has 0 aliphatic heterocycles. The standard InChI is InChI=1S/C25H24N2O3/c28-13-11-26-15-21(19-7-3-1-4-8-19)23(17-26)25(30)24-18-27(12-14-29)16-22(24)20-9-5-2-6-10-20/h1-10,15-18,28-29H,11-14H2. The number of aliphatic hydroxyl groups is 2. The van der Waals surface area contributed by atoms with Gasteiger partial charge in [0, 0.05) is 60.1 Å². The van der Waals surface area contributed by atoms with Crippen LogP contribution < -0.4 is 0 Å². The van der Waals surface area contributed by atoms with Crippen molar-refractivity contribution in [2.24, 2.45) is 0 Å². The highest BCUT2D eigenvalue weighted by molar-refractivity contribution is 6.16. The van der Waals surface area contributed by atoms with E-state index in [1.807, 2.05) is 82.2 Å². The number of nitrogens with zero attached hydrogens (tertiary/aromatic N) is 2. The molecule has 2 aromatic carbocycles. The fourth-order valence-corrected chi connectivity index (χ4v) is 3.71. The summed E-state index contributed by atoms with van der Waals surface area (Å²) in [6.45, 7) is 0.839. The van der Waals surface area contributed by atoms with E-state index >= 15 is 0 Å². The number of hydrogen-bond donors (Lipinski definition) is 2. The molecule has 0 fully saturated rings. The number of benzene rings is 2. The molecule has 0 atom stereocenters.